The number of hydrogen-bond acceptors (Lipinski definition) is 4. The Kier molecular flexibility index (Phi) is 7.19. The van der Waals surface area contributed by atoms with Gasteiger partial charge in [0.15, 0.2) is 0 Å². The lowest BCUT2D eigenvalue weighted by Gasteiger charge is -2.33. The van der Waals surface area contributed by atoms with Crippen molar-refractivity contribution >= 4 is 16.8 Å². The molecule has 0 radical (unpaired) electrons. The molecule has 2 fully saturated rings. The molecule has 9 heteroatoms. The van der Waals surface area contributed by atoms with E-state index in [1.165, 1.54) is 0 Å². The van der Waals surface area contributed by atoms with E-state index in [-0.39, 0.29) is 11.8 Å². The summed E-state index contributed by atoms with van der Waals surface area (Å²) in [6, 6.07) is 6.65. The highest BCUT2D eigenvalue weighted by Crippen LogP contribution is 2.31. The summed E-state index contributed by atoms with van der Waals surface area (Å²) in [5.74, 6) is 0.873. The van der Waals surface area contributed by atoms with Crippen molar-refractivity contribution in [1.29, 1.82) is 0 Å². The van der Waals surface area contributed by atoms with Crippen LogP contribution in [0.1, 0.15) is 37.2 Å². The van der Waals surface area contributed by atoms with E-state index < -0.39 is 18.6 Å². The maximum atomic E-state index is 13.4. The first kappa shape index (κ1) is 23.9. The van der Waals surface area contributed by atoms with Gasteiger partial charge in [0.1, 0.15) is 24.1 Å². The second kappa shape index (κ2) is 9.93. The SMILES string of the molecule is CC(C)[C@H](Oc1ccc2c(c1)cc(C(=O)N1CCOCC1)n2CC(F)(F)F)C1CCCNC1. The second-order valence-corrected chi connectivity index (χ2v) is 9.29. The Labute approximate surface area is 192 Å². The van der Waals surface area contributed by atoms with E-state index in [0.717, 1.165) is 30.5 Å². The molecule has 6 nitrogen and oxygen atoms in total. The molecule has 0 aliphatic carbocycles. The standard InChI is InChI=1S/C24H32F3N3O3/c1-16(2)22(17-4-3-7-28-14-17)33-19-5-6-20-18(12-19)13-21(30(20)15-24(25,26)27)23(31)29-8-10-32-11-9-29/h5-6,12-13,16-17,22,28H,3-4,7-11,14-15H2,1-2H3/t17?,22-/m0/s1. The molecule has 1 aromatic carbocycles. The highest BCUT2D eigenvalue weighted by Gasteiger charge is 2.33. The molecule has 33 heavy (non-hydrogen) atoms. The monoisotopic (exact) mass is 467 g/mol. The van der Waals surface area contributed by atoms with Gasteiger partial charge in [-0.25, -0.2) is 0 Å². The lowest BCUT2D eigenvalue weighted by Crippen LogP contribution is -2.42. The van der Waals surface area contributed by atoms with E-state index in [0.29, 0.717) is 54.8 Å². The smallest absolute Gasteiger partial charge is 0.406 e. The minimum atomic E-state index is -4.45. The van der Waals surface area contributed by atoms with Gasteiger partial charge >= 0.3 is 6.18 Å². The molecular weight excluding hydrogens is 435 g/mol. The molecule has 3 heterocycles. The van der Waals surface area contributed by atoms with Crippen LogP contribution in [-0.4, -0.2) is 67.0 Å². The quantitative estimate of drug-likeness (QED) is 0.696. The van der Waals surface area contributed by atoms with E-state index in [1.807, 2.05) is 0 Å². The van der Waals surface area contributed by atoms with Crippen LogP contribution >= 0.6 is 0 Å². The Morgan fingerprint density at radius 1 is 1.24 bits per heavy atom. The predicted molar refractivity (Wildman–Crippen MR) is 120 cm³/mol. The molecule has 1 amide bonds. The van der Waals surface area contributed by atoms with Crippen LogP contribution in [0.5, 0.6) is 5.75 Å². The average molecular weight is 468 g/mol. The zero-order valence-corrected chi connectivity index (χ0v) is 19.2. The summed E-state index contributed by atoms with van der Waals surface area (Å²) < 4.78 is 52.9. The van der Waals surface area contributed by atoms with Crippen LogP contribution < -0.4 is 10.1 Å². The number of aromatic nitrogens is 1. The zero-order chi connectivity index (χ0) is 23.6. The fraction of sp³-hybridized carbons (Fsp3) is 0.625. The molecule has 4 rings (SSSR count). The highest BCUT2D eigenvalue weighted by atomic mass is 19.4. The van der Waals surface area contributed by atoms with Gasteiger partial charge in [-0.1, -0.05) is 13.8 Å². The number of nitrogens with zero attached hydrogens (tertiary/aromatic N) is 2. The maximum Gasteiger partial charge on any atom is 0.406 e. The Morgan fingerprint density at radius 3 is 2.64 bits per heavy atom. The largest absolute Gasteiger partial charge is 0.490 e. The first-order valence-electron chi connectivity index (χ1n) is 11.7. The molecule has 1 aromatic heterocycles. The van der Waals surface area contributed by atoms with Gasteiger partial charge in [0.2, 0.25) is 0 Å². The van der Waals surface area contributed by atoms with Gasteiger partial charge in [0, 0.05) is 36.5 Å². The molecule has 2 saturated heterocycles. The summed E-state index contributed by atoms with van der Waals surface area (Å²) in [4.78, 5) is 14.6. The Hall–Kier alpha value is -2.26. The summed E-state index contributed by atoms with van der Waals surface area (Å²) in [6.45, 7) is 6.44. The van der Waals surface area contributed by atoms with E-state index >= 15 is 0 Å². The van der Waals surface area contributed by atoms with Gasteiger partial charge < -0.3 is 24.3 Å². The number of carbonyl (C=O) groups is 1. The van der Waals surface area contributed by atoms with Crippen LogP contribution in [-0.2, 0) is 11.3 Å². The van der Waals surface area contributed by atoms with E-state index in [4.69, 9.17) is 9.47 Å². The minimum absolute atomic E-state index is 0.00182. The predicted octanol–water partition coefficient (Wildman–Crippen LogP) is 4.08. The first-order valence-corrected chi connectivity index (χ1v) is 11.7. The fourth-order valence-electron chi connectivity index (χ4n) is 4.87. The number of nitrogens with one attached hydrogen (secondary N) is 1. The summed E-state index contributed by atoms with van der Waals surface area (Å²) in [7, 11) is 0. The topological polar surface area (TPSA) is 55.7 Å². The van der Waals surface area contributed by atoms with Crippen LogP contribution in [0.3, 0.4) is 0 Å². The number of halogens is 3. The van der Waals surface area contributed by atoms with Gasteiger partial charge in [0.05, 0.1) is 13.2 Å². The third kappa shape index (κ3) is 5.63. The number of ether oxygens (including phenoxy) is 2. The van der Waals surface area contributed by atoms with Gasteiger partial charge in [-0.15, -0.1) is 0 Å². The lowest BCUT2D eigenvalue weighted by atomic mass is 9.87. The molecule has 0 bridgehead atoms. The molecule has 182 valence electrons. The van der Waals surface area contributed by atoms with Crippen LogP contribution in [0.4, 0.5) is 13.2 Å². The summed E-state index contributed by atoms with van der Waals surface area (Å²) in [5.41, 5.74) is 0.412. The van der Waals surface area contributed by atoms with Crippen molar-refractivity contribution in [1.82, 2.24) is 14.8 Å². The molecule has 1 N–H and O–H groups in total. The van der Waals surface area contributed by atoms with Gasteiger partial charge in [-0.2, -0.15) is 13.2 Å². The molecule has 0 spiro atoms. The zero-order valence-electron chi connectivity index (χ0n) is 19.2. The normalized spacial score (nSPS) is 20.9. The van der Waals surface area contributed by atoms with Crippen LogP contribution in [0.25, 0.3) is 10.9 Å². The summed E-state index contributed by atoms with van der Waals surface area (Å²) in [6.07, 6.45) is -2.26. The van der Waals surface area contributed by atoms with E-state index in [2.05, 4.69) is 19.2 Å². The minimum Gasteiger partial charge on any atom is -0.490 e. The van der Waals surface area contributed by atoms with E-state index in [1.54, 1.807) is 29.2 Å². The summed E-state index contributed by atoms with van der Waals surface area (Å²) >= 11 is 0. The second-order valence-electron chi connectivity index (χ2n) is 9.29. The number of alkyl halides is 3. The maximum absolute atomic E-state index is 13.4. The molecule has 2 aliphatic rings. The van der Waals surface area contributed by atoms with Crippen molar-refractivity contribution in [3.63, 3.8) is 0 Å². The molecule has 2 atom stereocenters. The Bertz CT molecular complexity index is 961. The fourth-order valence-corrected chi connectivity index (χ4v) is 4.87. The van der Waals surface area contributed by atoms with Crippen molar-refractivity contribution in [3.05, 3.63) is 30.0 Å². The van der Waals surface area contributed by atoms with Crippen molar-refractivity contribution in [2.75, 3.05) is 39.4 Å². The van der Waals surface area contributed by atoms with Crippen molar-refractivity contribution in [3.8, 4) is 5.75 Å². The molecule has 1 unspecified atom stereocenters. The Balaban J connectivity index is 1.65. The number of piperidine rings is 1. The van der Waals surface area contributed by atoms with E-state index in [9.17, 15) is 18.0 Å². The molecular formula is C24H32F3N3O3. The van der Waals surface area contributed by atoms with Crippen molar-refractivity contribution < 1.29 is 27.4 Å². The van der Waals surface area contributed by atoms with Crippen LogP contribution in [0.15, 0.2) is 24.3 Å². The van der Waals surface area contributed by atoms with Crippen LogP contribution in [0.2, 0.25) is 0 Å². The number of amides is 1. The third-order valence-electron chi connectivity index (χ3n) is 6.46. The number of carbonyl (C=O) groups excluding carboxylic acids is 1. The first-order chi connectivity index (χ1) is 15.7. The average Bonchev–Trinajstić information content (AvgIpc) is 3.14. The summed E-state index contributed by atoms with van der Waals surface area (Å²) in [5, 5.41) is 3.99. The van der Waals surface area contributed by atoms with Gasteiger partial charge in [0.25, 0.3) is 5.91 Å². The van der Waals surface area contributed by atoms with Crippen molar-refractivity contribution in [2.24, 2.45) is 11.8 Å². The number of fused-ring (bicyclic) bond motifs is 1. The molecule has 0 saturated carbocycles. The molecule has 2 aromatic rings. The number of hydrogen-bond donors (Lipinski definition) is 1. The number of morpholine rings is 1. The lowest BCUT2D eigenvalue weighted by molar-refractivity contribution is -0.140. The molecule has 2 aliphatic heterocycles. The van der Waals surface area contributed by atoms with Crippen LogP contribution in [0, 0.1) is 11.8 Å². The third-order valence-corrected chi connectivity index (χ3v) is 6.46. The highest BCUT2D eigenvalue weighted by molar-refractivity contribution is 5.99. The Morgan fingerprint density at radius 2 is 2.00 bits per heavy atom. The number of benzene rings is 1. The number of rotatable bonds is 6. The van der Waals surface area contributed by atoms with Crippen molar-refractivity contribution in [2.45, 2.75) is 45.5 Å². The van der Waals surface area contributed by atoms with Gasteiger partial charge in [-0.05, 0) is 49.6 Å². The van der Waals surface area contributed by atoms with Gasteiger partial charge in [-0.3, -0.25) is 4.79 Å².